The smallest absolute Gasteiger partial charge is 0.315 e. The Morgan fingerprint density at radius 1 is 1.08 bits per heavy atom. The van der Waals surface area contributed by atoms with Gasteiger partial charge in [0.25, 0.3) is 0 Å². The van der Waals surface area contributed by atoms with E-state index in [0.717, 1.165) is 31.5 Å². The molecular weight excluding hydrogens is 316 g/mol. The summed E-state index contributed by atoms with van der Waals surface area (Å²) >= 11 is 0. The molecule has 1 aliphatic heterocycles. The van der Waals surface area contributed by atoms with Crippen LogP contribution in [0.1, 0.15) is 61.0 Å². The van der Waals surface area contributed by atoms with E-state index < -0.39 is 0 Å². The van der Waals surface area contributed by atoms with E-state index in [1.165, 1.54) is 25.7 Å². The largest absolute Gasteiger partial charge is 0.335 e. The Morgan fingerprint density at radius 3 is 2.52 bits per heavy atom. The molecule has 1 aromatic heterocycles. The number of pyridine rings is 1. The van der Waals surface area contributed by atoms with Crippen molar-refractivity contribution in [2.24, 2.45) is 0 Å². The van der Waals surface area contributed by atoms with E-state index in [-0.39, 0.29) is 29.9 Å². The molecule has 2 atom stereocenters. The van der Waals surface area contributed by atoms with E-state index in [4.69, 9.17) is 0 Å². The summed E-state index contributed by atoms with van der Waals surface area (Å²) in [5, 5.41) is 9.31. The highest BCUT2D eigenvalue weighted by Gasteiger charge is 2.34. The number of aryl methyl sites for hydroxylation is 1. The molecule has 1 saturated heterocycles. The van der Waals surface area contributed by atoms with Crippen LogP contribution in [-0.4, -0.2) is 41.5 Å². The molecule has 3 rings (SSSR count). The molecule has 0 radical (unpaired) electrons. The molecule has 0 bridgehead atoms. The molecule has 0 spiro atoms. The van der Waals surface area contributed by atoms with E-state index in [2.05, 4.69) is 20.9 Å². The van der Waals surface area contributed by atoms with Crippen molar-refractivity contribution >= 4 is 11.8 Å². The first-order valence-electron chi connectivity index (χ1n) is 9.41. The highest BCUT2D eigenvalue weighted by molar-refractivity contribution is 6.01. The van der Waals surface area contributed by atoms with Crippen molar-refractivity contribution in [2.45, 2.75) is 70.0 Å². The first-order chi connectivity index (χ1) is 12.1. The molecule has 2 fully saturated rings. The first kappa shape index (κ1) is 17.9. The fraction of sp³-hybridized carbons (Fsp3) is 0.632. The molecular formula is C19H28N4O2. The summed E-state index contributed by atoms with van der Waals surface area (Å²) < 4.78 is 0. The summed E-state index contributed by atoms with van der Waals surface area (Å²) in [7, 11) is 0. The summed E-state index contributed by atoms with van der Waals surface area (Å²) in [4.78, 5) is 29.3. The Kier molecular flexibility index (Phi) is 6.02. The van der Waals surface area contributed by atoms with E-state index in [1.807, 2.05) is 13.0 Å². The molecule has 136 valence electrons. The predicted octanol–water partition coefficient (Wildman–Crippen LogP) is 2.33. The summed E-state index contributed by atoms with van der Waals surface area (Å²) in [6, 6.07) is 3.17. The highest BCUT2D eigenvalue weighted by Crippen LogP contribution is 2.17. The van der Waals surface area contributed by atoms with Crippen LogP contribution in [0, 0.1) is 6.92 Å². The zero-order valence-corrected chi connectivity index (χ0v) is 14.9. The number of hydrogen-bond donors (Lipinski definition) is 3. The van der Waals surface area contributed by atoms with Crippen LogP contribution in [0.5, 0.6) is 0 Å². The third-order valence-corrected chi connectivity index (χ3v) is 5.21. The van der Waals surface area contributed by atoms with Gasteiger partial charge in [0.05, 0.1) is 12.1 Å². The molecule has 1 unspecified atom stereocenters. The minimum Gasteiger partial charge on any atom is -0.335 e. The number of carbonyl (C=O) groups excluding carboxylic acids is 2. The normalized spacial score (nSPS) is 24.5. The Labute approximate surface area is 149 Å². The topological polar surface area (TPSA) is 83.1 Å². The number of aromatic nitrogens is 1. The van der Waals surface area contributed by atoms with Crippen molar-refractivity contribution in [1.82, 2.24) is 20.9 Å². The maximum absolute atomic E-state index is 12.7. The fourth-order valence-corrected chi connectivity index (χ4v) is 3.75. The van der Waals surface area contributed by atoms with Crippen LogP contribution in [0.2, 0.25) is 0 Å². The van der Waals surface area contributed by atoms with Gasteiger partial charge in [-0.05, 0) is 44.9 Å². The van der Waals surface area contributed by atoms with Gasteiger partial charge in [0.1, 0.15) is 0 Å². The molecule has 1 saturated carbocycles. The third kappa shape index (κ3) is 4.78. The Balaban J connectivity index is 1.56. The number of Topliss-reactive ketones (excluding diaryl/α,β-unsaturated/α-hetero) is 1. The summed E-state index contributed by atoms with van der Waals surface area (Å²) in [5.41, 5.74) is 1.47. The van der Waals surface area contributed by atoms with Crippen LogP contribution >= 0.6 is 0 Å². The lowest BCUT2D eigenvalue weighted by Gasteiger charge is -2.22. The van der Waals surface area contributed by atoms with Crippen LogP contribution < -0.4 is 16.0 Å². The van der Waals surface area contributed by atoms with Gasteiger partial charge in [-0.3, -0.25) is 9.78 Å². The molecule has 0 aromatic carbocycles. The van der Waals surface area contributed by atoms with Crippen LogP contribution in [-0.2, 0) is 0 Å². The van der Waals surface area contributed by atoms with Gasteiger partial charge in [0.15, 0.2) is 5.78 Å². The average molecular weight is 344 g/mol. The number of urea groups is 1. The Morgan fingerprint density at radius 2 is 1.84 bits per heavy atom. The number of hydrogen-bond acceptors (Lipinski definition) is 4. The number of nitrogens with zero attached hydrogens (tertiary/aromatic N) is 1. The molecule has 2 amide bonds. The Bertz CT molecular complexity index is 594. The molecule has 3 N–H and O–H groups in total. The first-order valence-corrected chi connectivity index (χ1v) is 9.41. The van der Waals surface area contributed by atoms with E-state index in [9.17, 15) is 9.59 Å². The van der Waals surface area contributed by atoms with E-state index >= 15 is 0 Å². The lowest BCUT2D eigenvalue weighted by molar-refractivity contribution is 0.0940. The van der Waals surface area contributed by atoms with Crippen molar-refractivity contribution < 1.29 is 9.59 Å². The SMILES string of the molecule is Cc1ccc(C(=O)C2NCC[C@H]2NC(=O)NC2CCCCCC2)cn1. The summed E-state index contributed by atoms with van der Waals surface area (Å²) in [6.07, 6.45) is 9.34. The van der Waals surface area contributed by atoms with Crippen LogP contribution in [0.4, 0.5) is 4.79 Å². The maximum atomic E-state index is 12.7. The number of rotatable bonds is 4. The third-order valence-electron chi connectivity index (χ3n) is 5.21. The quantitative estimate of drug-likeness (QED) is 0.578. The number of ketones is 1. The van der Waals surface area contributed by atoms with Crippen molar-refractivity contribution in [3.63, 3.8) is 0 Å². The minimum absolute atomic E-state index is 0.00948. The number of amides is 2. The van der Waals surface area contributed by atoms with Gasteiger partial charge in [-0.15, -0.1) is 0 Å². The van der Waals surface area contributed by atoms with Gasteiger partial charge in [0.2, 0.25) is 0 Å². The van der Waals surface area contributed by atoms with E-state index in [1.54, 1.807) is 12.3 Å². The second-order valence-electron chi connectivity index (χ2n) is 7.19. The van der Waals surface area contributed by atoms with Crippen LogP contribution in [0.15, 0.2) is 18.3 Å². The van der Waals surface area contributed by atoms with Gasteiger partial charge in [-0.2, -0.15) is 0 Å². The van der Waals surface area contributed by atoms with E-state index in [0.29, 0.717) is 5.56 Å². The molecule has 2 heterocycles. The number of nitrogens with one attached hydrogen (secondary N) is 3. The molecule has 1 aliphatic carbocycles. The van der Waals surface area contributed by atoms with Crippen molar-refractivity contribution in [1.29, 1.82) is 0 Å². The van der Waals surface area contributed by atoms with Crippen molar-refractivity contribution in [3.8, 4) is 0 Å². The molecule has 1 aromatic rings. The molecule has 6 nitrogen and oxygen atoms in total. The van der Waals surface area contributed by atoms with Gasteiger partial charge in [0, 0.05) is 23.5 Å². The summed E-state index contributed by atoms with van der Waals surface area (Å²) in [5.74, 6) is -0.00948. The monoisotopic (exact) mass is 344 g/mol. The minimum atomic E-state index is -0.385. The zero-order valence-electron chi connectivity index (χ0n) is 14.9. The zero-order chi connectivity index (χ0) is 17.6. The van der Waals surface area contributed by atoms with Gasteiger partial charge in [-0.25, -0.2) is 4.79 Å². The summed E-state index contributed by atoms with van der Waals surface area (Å²) in [6.45, 7) is 2.62. The van der Waals surface area contributed by atoms with Gasteiger partial charge < -0.3 is 16.0 Å². The standard InChI is InChI=1S/C19H28N4O2/c1-13-8-9-14(12-21-13)18(24)17-16(10-11-20-17)23-19(25)22-15-6-4-2-3-5-7-15/h8-9,12,15-17,20H,2-7,10-11H2,1H3,(H2,22,23,25)/t16-,17?/m1/s1. The van der Waals surface area contributed by atoms with Crippen LogP contribution in [0.25, 0.3) is 0 Å². The highest BCUT2D eigenvalue weighted by atomic mass is 16.2. The fourth-order valence-electron chi connectivity index (χ4n) is 3.75. The lowest BCUT2D eigenvalue weighted by Crippen LogP contribution is -2.52. The van der Waals surface area contributed by atoms with Crippen molar-refractivity contribution in [2.75, 3.05) is 6.54 Å². The second kappa shape index (κ2) is 8.43. The Hall–Kier alpha value is -1.95. The molecule has 6 heteroatoms. The van der Waals surface area contributed by atoms with Crippen molar-refractivity contribution in [3.05, 3.63) is 29.6 Å². The molecule has 2 aliphatic rings. The molecule has 25 heavy (non-hydrogen) atoms. The van der Waals surface area contributed by atoms with Crippen LogP contribution in [0.3, 0.4) is 0 Å². The second-order valence-corrected chi connectivity index (χ2v) is 7.19. The van der Waals surface area contributed by atoms with Gasteiger partial charge in [-0.1, -0.05) is 25.7 Å². The van der Waals surface area contributed by atoms with Gasteiger partial charge >= 0.3 is 6.03 Å². The average Bonchev–Trinajstić information content (AvgIpc) is 2.90. The maximum Gasteiger partial charge on any atom is 0.315 e. The predicted molar refractivity (Wildman–Crippen MR) is 96.7 cm³/mol. The number of carbonyl (C=O) groups is 2. The lowest BCUT2D eigenvalue weighted by atomic mass is 10.0.